The van der Waals surface area contributed by atoms with E-state index in [0.717, 1.165) is 53.2 Å². The topological polar surface area (TPSA) is 81.6 Å². The van der Waals surface area contributed by atoms with Crippen molar-refractivity contribution < 1.29 is 14.9 Å². The maximum atomic E-state index is 9.68. The summed E-state index contributed by atoms with van der Waals surface area (Å²) >= 11 is 1.53. The number of H-pyrrole nitrogens is 1. The van der Waals surface area contributed by atoms with Crippen LogP contribution in [0, 0.1) is 0 Å². The van der Waals surface area contributed by atoms with Crippen molar-refractivity contribution in [3.63, 3.8) is 0 Å². The molecule has 6 nitrogen and oxygen atoms in total. The zero-order valence-corrected chi connectivity index (χ0v) is 18.0. The van der Waals surface area contributed by atoms with E-state index in [1.54, 1.807) is 0 Å². The highest BCUT2D eigenvalue weighted by Gasteiger charge is 2.26. The molecule has 0 saturated carbocycles. The Hall–Kier alpha value is -1.90. The number of aromatic nitrogens is 2. The van der Waals surface area contributed by atoms with Gasteiger partial charge >= 0.3 is 0 Å². The van der Waals surface area contributed by atoms with Gasteiger partial charge in [0, 0.05) is 23.7 Å². The van der Waals surface area contributed by atoms with Gasteiger partial charge in [-0.15, -0.1) is 11.8 Å². The van der Waals surface area contributed by atoms with Crippen molar-refractivity contribution in [2.45, 2.75) is 36.0 Å². The van der Waals surface area contributed by atoms with Gasteiger partial charge < -0.3 is 24.8 Å². The molecule has 2 aromatic carbocycles. The van der Waals surface area contributed by atoms with Crippen molar-refractivity contribution in [1.82, 2.24) is 14.9 Å². The predicted octanol–water partition coefficient (Wildman–Crippen LogP) is 3.21. The first-order valence-corrected chi connectivity index (χ1v) is 11.4. The quantitative estimate of drug-likeness (QED) is 0.479. The molecule has 3 N–H and O–H groups in total. The third-order valence-corrected chi connectivity index (χ3v) is 6.60. The first kappa shape index (κ1) is 21.3. The molecule has 1 fully saturated rings. The molecule has 4 rings (SSSR count). The minimum Gasteiger partial charge on any atom is -0.394 e. The molecule has 3 aromatic rings. The molecular formula is C23H29N3O3S. The monoisotopic (exact) mass is 427 g/mol. The van der Waals surface area contributed by atoms with E-state index in [2.05, 4.69) is 29.1 Å². The molecule has 7 heteroatoms. The molecule has 0 spiro atoms. The van der Waals surface area contributed by atoms with Gasteiger partial charge in [0.15, 0.2) is 0 Å². The van der Waals surface area contributed by atoms with E-state index in [0.29, 0.717) is 5.75 Å². The number of para-hydroxylation sites is 2. The summed E-state index contributed by atoms with van der Waals surface area (Å²) in [4.78, 5) is 11.6. The second-order valence-corrected chi connectivity index (χ2v) is 8.97. The first-order valence-electron chi connectivity index (χ1n) is 10.4. The lowest BCUT2D eigenvalue weighted by Crippen LogP contribution is -2.35. The minimum atomic E-state index is -0.722. The van der Waals surface area contributed by atoms with Crippen molar-refractivity contribution in [2.75, 3.05) is 32.5 Å². The summed E-state index contributed by atoms with van der Waals surface area (Å²) in [7, 11) is 2.15. The van der Waals surface area contributed by atoms with Crippen LogP contribution in [0.25, 0.3) is 11.0 Å². The molecule has 1 aliphatic heterocycles. The summed E-state index contributed by atoms with van der Waals surface area (Å²) in [6.45, 7) is 1.84. The number of rotatable bonds is 8. The number of ether oxygens (including phenoxy) is 1. The van der Waals surface area contributed by atoms with Crippen molar-refractivity contribution >= 4 is 22.8 Å². The van der Waals surface area contributed by atoms with Gasteiger partial charge in [-0.1, -0.05) is 24.3 Å². The van der Waals surface area contributed by atoms with Crippen molar-refractivity contribution in [1.29, 1.82) is 0 Å². The molecule has 1 aliphatic rings. The Morgan fingerprint density at radius 2 is 2.00 bits per heavy atom. The molecule has 0 amide bonds. The number of nitrogens with one attached hydrogen (secondary N) is 1. The number of hydrogen-bond donors (Lipinski definition) is 3. The molecule has 0 radical (unpaired) electrons. The Bertz CT molecular complexity index is 923. The third-order valence-electron chi connectivity index (χ3n) is 5.46. The number of benzene rings is 2. The maximum absolute atomic E-state index is 9.68. The lowest BCUT2D eigenvalue weighted by Gasteiger charge is -2.31. The number of piperidine rings is 1. The van der Waals surface area contributed by atoms with Gasteiger partial charge in [-0.05, 0) is 49.7 Å². The molecule has 0 bridgehead atoms. The Kier molecular flexibility index (Phi) is 7.07. The number of aliphatic hydroxyl groups excluding tert-OH is 2. The van der Waals surface area contributed by atoms with Crippen molar-refractivity contribution in [3.05, 3.63) is 59.9 Å². The second kappa shape index (κ2) is 9.94. The average Bonchev–Trinajstić information content (AvgIpc) is 3.21. The number of nitrogens with zero attached hydrogens (tertiary/aromatic N) is 2. The van der Waals surface area contributed by atoms with E-state index in [1.165, 1.54) is 11.8 Å². The Morgan fingerprint density at radius 3 is 2.77 bits per heavy atom. The largest absolute Gasteiger partial charge is 0.394 e. The van der Waals surface area contributed by atoms with Gasteiger partial charge in [0.05, 0.1) is 29.8 Å². The molecular weight excluding hydrogens is 398 g/mol. The average molecular weight is 428 g/mol. The summed E-state index contributed by atoms with van der Waals surface area (Å²) in [5.74, 6) is 1.26. The summed E-state index contributed by atoms with van der Waals surface area (Å²) in [6.07, 6.45) is 1.19. The number of aliphatic hydroxyl groups is 2. The number of thioether (sulfide) groups is 1. The number of hydrogen-bond acceptors (Lipinski definition) is 6. The molecule has 160 valence electrons. The van der Waals surface area contributed by atoms with Gasteiger partial charge in [-0.2, -0.15) is 0 Å². The normalized spacial score (nSPS) is 18.0. The standard InChI is InChI=1S/C23H29N3O3S/c1-26-11-9-18(10-12-26)29-22(23-24-20-7-2-3-8-21(20)25-23)16-5-4-6-19(13-16)30-15-17(28)14-27/h2-8,13,17-18,22,27-28H,9-12,14-15H2,1H3,(H,24,25). The lowest BCUT2D eigenvalue weighted by atomic mass is 10.1. The highest BCUT2D eigenvalue weighted by atomic mass is 32.2. The Morgan fingerprint density at radius 1 is 1.20 bits per heavy atom. The van der Waals surface area contributed by atoms with Gasteiger partial charge in [-0.25, -0.2) is 4.98 Å². The molecule has 2 unspecified atom stereocenters. The highest BCUT2D eigenvalue weighted by Crippen LogP contribution is 2.32. The lowest BCUT2D eigenvalue weighted by molar-refractivity contribution is -0.0264. The second-order valence-electron chi connectivity index (χ2n) is 7.88. The summed E-state index contributed by atoms with van der Waals surface area (Å²) in [5, 5.41) is 18.8. The van der Waals surface area contributed by atoms with E-state index in [-0.39, 0.29) is 18.8 Å². The third kappa shape index (κ3) is 5.22. The smallest absolute Gasteiger partial charge is 0.141 e. The van der Waals surface area contributed by atoms with E-state index < -0.39 is 6.10 Å². The van der Waals surface area contributed by atoms with E-state index in [9.17, 15) is 5.11 Å². The number of aromatic amines is 1. The molecule has 2 heterocycles. The van der Waals surface area contributed by atoms with Gasteiger partial charge in [0.1, 0.15) is 11.9 Å². The molecule has 1 aromatic heterocycles. The molecule has 1 saturated heterocycles. The van der Waals surface area contributed by atoms with Crippen LogP contribution in [0.15, 0.2) is 53.4 Å². The summed E-state index contributed by atoms with van der Waals surface area (Å²) in [6, 6.07) is 16.2. The molecule has 2 atom stereocenters. The van der Waals surface area contributed by atoms with Crippen LogP contribution in [0.1, 0.15) is 30.3 Å². The molecule has 0 aliphatic carbocycles. The van der Waals surface area contributed by atoms with Crippen LogP contribution < -0.4 is 0 Å². The fourth-order valence-electron chi connectivity index (χ4n) is 3.72. The van der Waals surface area contributed by atoms with Crippen LogP contribution in [0.3, 0.4) is 0 Å². The van der Waals surface area contributed by atoms with Crippen LogP contribution >= 0.6 is 11.8 Å². The van der Waals surface area contributed by atoms with Crippen LogP contribution in [0.2, 0.25) is 0 Å². The summed E-state index contributed by atoms with van der Waals surface area (Å²) < 4.78 is 6.62. The van der Waals surface area contributed by atoms with Crippen molar-refractivity contribution in [2.24, 2.45) is 0 Å². The SMILES string of the molecule is CN1CCC(OC(c2cccc(SCC(O)CO)c2)c2nc3ccccc3[nH]2)CC1. The van der Waals surface area contributed by atoms with Crippen LogP contribution in [0.4, 0.5) is 0 Å². The van der Waals surface area contributed by atoms with Gasteiger partial charge in [-0.3, -0.25) is 0 Å². The van der Waals surface area contributed by atoms with E-state index >= 15 is 0 Å². The first-order chi connectivity index (χ1) is 14.6. The maximum Gasteiger partial charge on any atom is 0.141 e. The fourth-order valence-corrected chi connectivity index (χ4v) is 4.61. The van der Waals surface area contributed by atoms with Crippen molar-refractivity contribution in [3.8, 4) is 0 Å². The predicted molar refractivity (Wildman–Crippen MR) is 120 cm³/mol. The fraction of sp³-hybridized carbons (Fsp3) is 0.435. The summed E-state index contributed by atoms with van der Waals surface area (Å²) in [5.41, 5.74) is 2.97. The molecule has 30 heavy (non-hydrogen) atoms. The van der Waals surface area contributed by atoms with Gasteiger partial charge in [0.25, 0.3) is 0 Å². The van der Waals surface area contributed by atoms with Crippen LogP contribution in [-0.4, -0.2) is 69.8 Å². The van der Waals surface area contributed by atoms with E-state index in [4.69, 9.17) is 14.8 Å². The van der Waals surface area contributed by atoms with Gasteiger partial charge in [0.2, 0.25) is 0 Å². The minimum absolute atomic E-state index is 0.187. The highest BCUT2D eigenvalue weighted by molar-refractivity contribution is 7.99. The Balaban J connectivity index is 1.61. The number of likely N-dealkylation sites (tertiary alicyclic amines) is 1. The number of fused-ring (bicyclic) bond motifs is 1. The van der Waals surface area contributed by atoms with Crippen LogP contribution in [0.5, 0.6) is 0 Å². The zero-order valence-electron chi connectivity index (χ0n) is 17.2. The van der Waals surface area contributed by atoms with E-state index in [1.807, 2.05) is 36.4 Å². The Labute approximate surface area is 181 Å². The van der Waals surface area contributed by atoms with Crippen LogP contribution in [-0.2, 0) is 4.74 Å². The number of imidazole rings is 1. The zero-order chi connectivity index (χ0) is 20.9.